The van der Waals surface area contributed by atoms with Gasteiger partial charge >= 0.3 is 6.18 Å². The molecule has 2 aromatic carbocycles. The van der Waals surface area contributed by atoms with Crippen LogP contribution in [0.3, 0.4) is 0 Å². The molecule has 36 heavy (non-hydrogen) atoms. The first kappa shape index (κ1) is 24.5. The lowest BCUT2D eigenvalue weighted by atomic mass is 9.94. The van der Waals surface area contributed by atoms with Gasteiger partial charge in [-0.3, -0.25) is 19.3 Å². The number of rotatable bonds is 2. The highest BCUT2D eigenvalue weighted by Crippen LogP contribution is 2.46. The van der Waals surface area contributed by atoms with Gasteiger partial charge in [0.05, 0.1) is 11.1 Å². The summed E-state index contributed by atoms with van der Waals surface area (Å²) in [6.45, 7) is 0.299. The SMILES string of the molecule is C[C@@H](N1CN([C@H]2c3ccc(F)cc3CSc3c(Cl)cccc32)n2ccc(=O)c(O)c2C1=O)C(F)(F)F. The van der Waals surface area contributed by atoms with E-state index in [9.17, 15) is 32.3 Å². The summed E-state index contributed by atoms with van der Waals surface area (Å²) in [6, 6.07) is 7.25. The molecular weight excluding hydrogens is 522 g/mol. The highest BCUT2D eigenvalue weighted by Gasteiger charge is 2.47. The lowest BCUT2D eigenvalue weighted by Crippen LogP contribution is -2.60. The van der Waals surface area contributed by atoms with Crippen molar-refractivity contribution >= 4 is 29.3 Å². The van der Waals surface area contributed by atoms with Crippen molar-refractivity contribution in [2.75, 3.05) is 11.7 Å². The number of nitrogens with zero attached hydrogens (tertiary/aromatic N) is 3. The van der Waals surface area contributed by atoms with Gasteiger partial charge in [-0.25, -0.2) is 4.39 Å². The highest BCUT2D eigenvalue weighted by atomic mass is 35.5. The molecule has 2 aliphatic heterocycles. The largest absolute Gasteiger partial charge is 0.502 e. The second kappa shape index (κ2) is 8.74. The summed E-state index contributed by atoms with van der Waals surface area (Å²) in [5.74, 6) is -2.23. The molecule has 1 amide bonds. The minimum atomic E-state index is -4.77. The van der Waals surface area contributed by atoms with E-state index in [0.717, 1.165) is 13.0 Å². The Morgan fingerprint density at radius 3 is 2.61 bits per heavy atom. The Kier molecular flexibility index (Phi) is 5.95. The summed E-state index contributed by atoms with van der Waals surface area (Å²) in [5, 5.41) is 12.3. The monoisotopic (exact) mass is 539 g/mol. The van der Waals surface area contributed by atoms with E-state index in [-0.39, 0.29) is 0 Å². The van der Waals surface area contributed by atoms with Gasteiger partial charge in [0.2, 0.25) is 5.43 Å². The van der Waals surface area contributed by atoms with Crippen molar-refractivity contribution in [1.29, 1.82) is 0 Å². The van der Waals surface area contributed by atoms with E-state index in [2.05, 4.69) is 0 Å². The standard InChI is InChI=1S/C24H18ClF4N3O3S/c1-12(24(27,28)29)30-11-32(31-8-7-18(33)21(34)20(31)23(30)35)19-15-6-5-14(26)9-13(15)10-36-22-16(19)3-2-4-17(22)25/h2-9,12,19,34H,10-11H2,1H3/t12-,19+/m1/s1. The molecule has 0 unspecified atom stereocenters. The molecule has 0 aliphatic carbocycles. The van der Waals surface area contributed by atoms with Crippen LogP contribution >= 0.6 is 23.4 Å². The second-order valence-corrected chi connectivity index (χ2v) is 9.88. The molecule has 5 rings (SSSR count). The van der Waals surface area contributed by atoms with Crippen molar-refractivity contribution < 1.29 is 27.5 Å². The van der Waals surface area contributed by atoms with E-state index >= 15 is 0 Å². The Hall–Kier alpha value is -3.18. The maximum Gasteiger partial charge on any atom is 0.408 e. The molecule has 3 aromatic rings. The topological polar surface area (TPSA) is 65.8 Å². The van der Waals surface area contributed by atoms with E-state index in [4.69, 9.17) is 11.6 Å². The molecule has 6 nitrogen and oxygen atoms in total. The van der Waals surface area contributed by atoms with Crippen molar-refractivity contribution in [3.63, 3.8) is 0 Å². The van der Waals surface area contributed by atoms with E-state index in [1.54, 1.807) is 24.3 Å². The fourth-order valence-corrected chi connectivity index (χ4v) is 5.98. The maximum absolute atomic E-state index is 14.2. The molecule has 0 saturated heterocycles. The van der Waals surface area contributed by atoms with Crippen LogP contribution in [0.15, 0.2) is 58.4 Å². The fraction of sp³-hybridized carbons (Fsp3) is 0.250. The number of aromatic hydroxyl groups is 1. The summed E-state index contributed by atoms with van der Waals surface area (Å²) in [6.07, 6.45) is -3.54. The molecule has 0 fully saturated rings. The number of halogens is 5. The molecule has 3 heterocycles. The Morgan fingerprint density at radius 1 is 1.14 bits per heavy atom. The number of alkyl halides is 3. The number of hydrogen-bond donors (Lipinski definition) is 1. The number of carbonyl (C=O) groups excluding carboxylic acids is 1. The van der Waals surface area contributed by atoms with Crippen LogP contribution in [0.5, 0.6) is 5.75 Å². The number of benzene rings is 2. The molecule has 12 heteroatoms. The average molecular weight is 540 g/mol. The van der Waals surface area contributed by atoms with Gasteiger partial charge in [0.15, 0.2) is 11.4 Å². The maximum atomic E-state index is 14.2. The number of thioether (sulfide) groups is 1. The van der Waals surface area contributed by atoms with Gasteiger partial charge in [0.1, 0.15) is 18.5 Å². The van der Waals surface area contributed by atoms with Crippen molar-refractivity contribution in [2.45, 2.75) is 35.8 Å². The van der Waals surface area contributed by atoms with Crippen LogP contribution in [-0.4, -0.2) is 39.5 Å². The third-order valence-electron chi connectivity index (χ3n) is 6.39. The smallest absolute Gasteiger partial charge is 0.408 e. The van der Waals surface area contributed by atoms with E-state index in [1.807, 2.05) is 0 Å². The van der Waals surface area contributed by atoms with Gasteiger partial charge in [-0.1, -0.05) is 29.8 Å². The van der Waals surface area contributed by atoms with Crippen LogP contribution < -0.4 is 10.4 Å². The Morgan fingerprint density at radius 2 is 1.89 bits per heavy atom. The molecule has 188 valence electrons. The minimum absolute atomic E-state index is 0.345. The molecule has 0 spiro atoms. The molecule has 0 saturated carbocycles. The third kappa shape index (κ3) is 3.90. The van der Waals surface area contributed by atoms with Crippen LogP contribution in [0.1, 0.15) is 40.1 Å². The zero-order valence-corrected chi connectivity index (χ0v) is 20.2. The first-order valence-corrected chi connectivity index (χ1v) is 12.1. The van der Waals surface area contributed by atoms with Gasteiger partial charge in [-0.2, -0.15) is 13.2 Å². The predicted molar refractivity (Wildman–Crippen MR) is 126 cm³/mol. The molecule has 0 bridgehead atoms. The highest BCUT2D eigenvalue weighted by molar-refractivity contribution is 7.98. The zero-order valence-electron chi connectivity index (χ0n) is 18.6. The lowest BCUT2D eigenvalue weighted by Gasteiger charge is -2.46. The summed E-state index contributed by atoms with van der Waals surface area (Å²) >= 11 is 7.85. The van der Waals surface area contributed by atoms with Crippen LogP contribution in [0.25, 0.3) is 0 Å². The summed E-state index contributed by atoms with van der Waals surface area (Å²) in [4.78, 5) is 26.6. The van der Waals surface area contributed by atoms with Crippen LogP contribution in [0, 0.1) is 5.82 Å². The van der Waals surface area contributed by atoms with Crippen molar-refractivity contribution in [1.82, 2.24) is 9.58 Å². The van der Waals surface area contributed by atoms with E-state index in [0.29, 0.717) is 37.3 Å². The van der Waals surface area contributed by atoms with Crippen molar-refractivity contribution in [2.24, 2.45) is 0 Å². The van der Waals surface area contributed by atoms with Gasteiger partial charge < -0.3 is 10.0 Å². The van der Waals surface area contributed by atoms with Gasteiger partial charge in [-0.15, -0.1) is 11.8 Å². The Balaban J connectivity index is 1.80. The molecule has 2 atom stereocenters. The third-order valence-corrected chi connectivity index (χ3v) is 8.02. The van der Waals surface area contributed by atoms with Crippen molar-refractivity contribution in [3.8, 4) is 5.75 Å². The molecule has 1 aromatic heterocycles. The Labute approximate surface area is 211 Å². The molecule has 0 radical (unpaired) electrons. The number of hydrogen-bond acceptors (Lipinski definition) is 5. The van der Waals surface area contributed by atoms with Crippen LogP contribution in [0.4, 0.5) is 17.6 Å². The van der Waals surface area contributed by atoms with Crippen LogP contribution in [-0.2, 0) is 5.75 Å². The predicted octanol–water partition coefficient (Wildman–Crippen LogP) is 5.04. The zero-order chi connectivity index (χ0) is 25.9. The number of aromatic nitrogens is 1. The quantitative estimate of drug-likeness (QED) is 0.462. The molecule has 2 aliphatic rings. The first-order valence-electron chi connectivity index (χ1n) is 10.8. The van der Waals surface area contributed by atoms with Crippen LogP contribution in [0.2, 0.25) is 5.02 Å². The number of amides is 1. The fourth-order valence-electron chi connectivity index (χ4n) is 4.53. The average Bonchev–Trinajstić information content (AvgIpc) is 2.98. The minimum Gasteiger partial charge on any atom is -0.502 e. The molecular formula is C24H18ClF4N3O3S. The van der Waals surface area contributed by atoms with Gasteiger partial charge in [0, 0.05) is 22.9 Å². The summed E-state index contributed by atoms with van der Waals surface area (Å²) in [5.41, 5.74) is 0.308. The first-order chi connectivity index (χ1) is 17.0. The number of pyridine rings is 1. The number of fused-ring (bicyclic) bond motifs is 3. The van der Waals surface area contributed by atoms with Gasteiger partial charge in [-0.05, 0) is 41.8 Å². The summed E-state index contributed by atoms with van der Waals surface area (Å²) < 4.78 is 56.7. The van der Waals surface area contributed by atoms with Gasteiger partial charge in [0.25, 0.3) is 5.91 Å². The second-order valence-electron chi connectivity index (χ2n) is 8.49. The summed E-state index contributed by atoms with van der Waals surface area (Å²) in [7, 11) is 0. The van der Waals surface area contributed by atoms with E-state index in [1.165, 1.54) is 39.8 Å². The van der Waals surface area contributed by atoms with Crippen molar-refractivity contribution in [3.05, 3.63) is 92.1 Å². The molecule has 1 N–H and O–H groups in total. The Bertz CT molecular complexity index is 1450. The normalized spacial score (nSPS) is 18.3. The lowest BCUT2D eigenvalue weighted by molar-refractivity contribution is -0.173. The van der Waals surface area contributed by atoms with E-state index < -0.39 is 53.5 Å². The number of carbonyl (C=O) groups is 1.